The van der Waals surface area contributed by atoms with Gasteiger partial charge in [0.15, 0.2) is 0 Å². The minimum atomic E-state index is -1.22. The topological polar surface area (TPSA) is 83.0 Å². The minimum absolute atomic E-state index is 0.256. The minimum Gasteiger partial charge on any atom is -0.477 e. The lowest BCUT2D eigenvalue weighted by molar-refractivity contribution is 0.0693. The number of H-pyrrole nitrogens is 1. The summed E-state index contributed by atoms with van der Waals surface area (Å²) in [6, 6.07) is 0. The Bertz CT molecular complexity index is 494. The molecule has 112 valence electrons. The third kappa shape index (κ3) is 5.15. The maximum absolute atomic E-state index is 11.6. The molecule has 0 spiro atoms. The molecule has 5 heteroatoms. The van der Waals surface area contributed by atoms with Crippen LogP contribution >= 0.6 is 0 Å². The van der Waals surface area contributed by atoms with E-state index < -0.39 is 11.5 Å². The van der Waals surface area contributed by atoms with Gasteiger partial charge in [-0.2, -0.15) is 0 Å². The van der Waals surface area contributed by atoms with Crippen molar-refractivity contribution >= 4 is 5.97 Å². The van der Waals surface area contributed by atoms with E-state index in [0.29, 0.717) is 17.9 Å². The summed E-state index contributed by atoms with van der Waals surface area (Å²) in [6.07, 6.45) is 9.09. The van der Waals surface area contributed by atoms with Gasteiger partial charge < -0.3 is 10.1 Å². The summed E-state index contributed by atoms with van der Waals surface area (Å²) in [4.78, 5) is 29.2. The van der Waals surface area contributed by atoms with Crippen LogP contribution in [-0.2, 0) is 6.42 Å². The molecule has 0 aromatic carbocycles. The van der Waals surface area contributed by atoms with Gasteiger partial charge in [-0.3, -0.25) is 4.79 Å². The summed E-state index contributed by atoms with van der Waals surface area (Å²) in [5.74, 6) is -0.634. The van der Waals surface area contributed by atoms with Crippen LogP contribution in [0.2, 0.25) is 0 Å². The van der Waals surface area contributed by atoms with Crippen LogP contribution in [-0.4, -0.2) is 21.0 Å². The first kappa shape index (κ1) is 16.4. The van der Waals surface area contributed by atoms with Crippen LogP contribution in [0.4, 0.5) is 0 Å². The number of aromatic carboxylic acids is 1. The molecule has 0 unspecified atom stereocenters. The van der Waals surface area contributed by atoms with Crippen LogP contribution in [0.15, 0.2) is 4.79 Å². The predicted octanol–water partition coefficient (Wildman–Crippen LogP) is 3.07. The molecule has 0 aliphatic carbocycles. The van der Waals surface area contributed by atoms with E-state index in [0.717, 1.165) is 12.8 Å². The number of aromatic amines is 1. The Morgan fingerprint density at radius 2 is 1.75 bits per heavy atom. The number of carboxylic acids is 1. The van der Waals surface area contributed by atoms with Gasteiger partial charge in [-0.05, 0) is 13.3 Å². The van der Waals surface area contributed by atoms with Crippen LogP contribution in [0.5, 0.6) is 0 Å². The Labute approximate surface area is 119 Å². The summed E-state index contributed by atoms with van der Waals surface area (Å²) in [7, 11) is 0. The second kappa shape index (κ2) is 8.51. The van der Waals surface area contributed by atoms with E-state index in [1.807, 2.05) is 0 Å². The number of nitrogens with zero attached hydrogens (tertiary/aromatic N) is 1. The lowest BCUT2D eigenvalue weighted by Crippen LogP contribution is -2.22. The highest BCUT2D eigenvalue weighted by molar-refractivity contribution is 5.88. The first-order chi connectivity index (χ1) is 9.56. The molecule has 1 aromatic rings. The molecule has 0 aliphatic heterocycles. The van der Waals surface area contributed by atoms with Crippen molar-refractivity contribution in [2.24, 2.45) is 0 Å². The highest BCUT2D eigenvalue weighted by atomic mass is 16.4. The number of hydrogen-bond donors (Lipinski definition) is 2. The zero-order valence-electron chi connectivity index (χ0n) is 12.4. The fourth-order valence-corrected chi connectivity index (χ4v) is 2.26. The van der Waals surface area contributed by atoms with Crippen LogP contribution < -0.4 is 5.56 Å². The van der Waals surface area contributed by atoms with E-state index in [4.69, 9.17) is 5.11 Å². The first-order valence-corrected chi connectivity index (χ1v) is 7.39. The fourth-order valence-electron chi connectivity index (χ4n) is 2.26. The van der Waals surface area contributed by atoms with Crippen molar-refractivity contribution in [1.29, 1.82) is 0 Å². The van der Waals surface area contributed by atoms with Gasteiger partial charge in [0.05, 0.1) is 5.69 Å². The van der Waals surface area contributed by atoms with Crippen molar-refractivity contribution in [2.75, 3.05) is 0 Å². The normalized spacial score (nSPS) is 10.7. The molecule has 2 N–H and O–H groups in total. The van der Waals surface area contributed by atoms with E-state index in [1.54, 1.807) is 6.92 Å². The molecule has 0 saturated carbocycles. The highest BCUT2D eigenvalue weighted by Crippen LogP contribution is 2.09. The molecule has 5 nitrogen and oxygen atoms in total. The molecular weight excluding hydrogens is 256 g/mol. The molecule has 1 aromatic heterocycles. The lowest BCUT2D eigenvalue weighted by Gasteiger charge is -2.04. The van der Waals surface area contributed by atoms with Crippen molar-refractivity contribution in [3.8, 4) is 0 Å². The number of aromatic nitrogens is 2. The van der Waals surface area contributed by atoms with E-state index in [1.165, 1.54) is 32.1 Å². The molecular formula is C15H24N2O3. The Morgan fingerprint density at radius 1 is 1.15 bits per heavy atom. The average Bonchev–Trinajstić information content (AvgIpc) is 2.36. The molecule has 20 heavy (non-hydrogen) atoms. The molecule has 0 amide bonds. The number of carbonyl (C=O) groups is 1. The number of carboxylic acid groups (broad SMARTS) is 1. The predicted molar refractivity (Wildman–Crippen MR) is 78.3 cm³/mol. The van der Waals surface area contributed by atoms with Gasteiger partial charge in [0, 0.05) is 6.42 Å². The van der Waals surface area contributed by atoms with Gasteiger partial charge in [0.2, 0.25) is 0 Å². The third-order valence-corrected chi connectivity index (χ3v) is 3.38. The zero-order chi connectivity index (χ0) is 15.0. The van der Waals surface area contributed by atoms with Gasteiger partial charge in [-0.15, -0.1) is 0 Å². The Kier molecular flexibility index (Phi) is 6.98. The van der Waals surface area contributed by atoms with Gasteiger partial charge in [-0.25, -0.2) is 9.78 Å². The Morgan fingerprint density at radius 3 is 2.30 bits per heavy atom. The largest absolute Gasteiger partial charge is 0.477 e. The Balaban J connectivity index is 2.42. The number of hydrogen-bond acceptors (Lipinski definition) is 3. The quantitative estimate of drug-likeness (QED) is 0.681. The summed E-state index contributed by atoms with van der Waals surface area (Å²) < 4.78 is 0. The number of nitrogens with one attached hydrogen (secondary N) is 1. The van der Waals surface area contributed by atoms with Crippen molar-refractivity contribution in [1.82, 2.24) is 9.97 Å². The SMILES string of the molecule is CCCCCCCCCc1nc(C)c(C(=O)O)c(=O)[nH]1. The molecule has 0 aliphatic rings. The fraction of sp³-hybridized carbons (Fsp3) is 0.667. The van der Waals surface area contributed by atoms with E-state index in [2.05, 4.69) is 16.9 Å². The molecule has 0 fully saturated rings. The van der Waals surface area contributed by atoms with Gasteiger partial charge in [0.25, 0.3) is 5.56 Å². The summed E-state index contributed by atoms with van der Waals surface area (Å²) >= 11 is 0. The first-order valence-electron chi connectivity index (χ1n) is 7.39. The van der Waals surface area contributed by atoms with Crippen LogP contribution in [0, 0.1) is 6.92 Å². The van der Waals surface area contributed by atoms with Gasteiger partial charge >= 0.3 is 5.97 Å². The van der Waals surface area contributed by atoms with E-state index >= 15 is 0 Å². The molecule has 0 bridgehead atoms. The zero-order valence-corrected chi connectivity index (χ0v) is 12.4. The van der Waals surface area contributed by atoms with Crippen LogP contribution in [0.25, 0.3) is 0 Å². The molecule has 1 rings (SSSR count). The molecule has 1 heterocycles. The average molecular weight is 280 g/mol. The van der Waals surface area contributed by atoms with Crippen molar-refractivity contribution in [2.45, 2.75) is 65.2 Å². The van der Waals surface area contributed by atoms with E-state index in [-0.39, 0.29) is 5.56 Å². The van der Waals surface area contributed by atoms with Crippen molar-refractivity contribution < 1.29 is 9.90 Å². The smallest absolute Gasteiger partial charge is 0.343 e. The second-order valence-electron chi connectivity index (χ2n) is 5.15. The summed E-state index contributed by atoms with van der Waals surface area (Å²) in [5.41, 5.74) is -0.518. The lowest BCUT2D eigenvalue weighted by atomic mass is 10.1. The third-order valence-electron chi connectivity index (χ3n) is 3.38. The van der Waals surface area contributed by atoms with Crippen LogP contribution in [0.1, 0.15) is 73.7 Å². The second-order valence-corrected chi connectivity index (χ2v) is 5.15. The molecule has 0 radical (unpaired) electrons. The highest BCUT2D eigenvalue weighted by Gasteiger charge is 2.14. The molecule has 0 saturated heterocycles. The number of rotatable bonds is 9. The van der Waals surface area contributed by atoms with Crippen molar-refractivity contribution in [3.05, 3.63) is 27.4 Å². The maximum Gasteiger partial charge on any atom is 0.343 e. The van der Waals surface area contributed by atoms with Gasteiger partial charge in [0.1, 0.15) is 11.4 Å². The number of aryl methyl sites for hydroxylation is 2. The monoisotopic (exact) mass is 280 g/mol. The Hall–Kier alpha value is -1.65. The summed E-state index contributed by atoms with van der Waals surface area (Å²) in [5, 5.41) is 8.89. The maximum atomic E-state index is 11.6. The van der Waals surface area contributed by atoms with Crippen LogP contribution in [0.3, 0.4) is 0 Å². The number of unbranched alkanes of at least 4 members (excludes halogenated alkanes) is 6. The molecule has 0 atom stereocenters. The van der Waals surface area contributed by atoms with Crippen molar-refractivity contribution in [3.63, 3.8) is 0 Å². The van der Waals surface area contributed by atoms with Gasteiger partial charge in [-0.1, -0.05) is 45.4 Å². The van der Waals surface area contributed by atoms with E-state index in [9.17, 15) is 9.59 Å². The standard InChI is InChI=1S/C15H24N2O3/c1-3-4-5-6-7-8-9-10-12-16-11(2)13(15(19)20)14(18)17-12/h3-10H2,1-2H3,(H,19,20)(H,16,17,18). The summed E-state index contributed by atoms with van der Waals surface area (Å²) in [6.45, 7) is 3.76.